The van der Waals surface area contributed by atoms with Crippen LogP contribution in [0.15, 0.2) is 24.3 Å². The van der Waals surface area contributed by atoms with Crippen LogP contribution in [0.5, 0.6) is 0 Å². The van der Waals surface area contributed by atoms with E-state index in [-0.39, 0.29) is 18.5 Å². The molecule has 1 saturated heterocycles. The van der Waals surface area contributed by atoms with Crippen LogP contribution in [0, 0.1) is 0 Å². The van der Waals surface area contributed by atoms with Gasteiger partial charge in [-0.2, -0.15) is 0 Å². The minimum Gasteiger partial charge on any atom is -0.348 e. The lowest BCUT2D eigenvalue weighted by molar-refractivity contribution is -0.135. The molecule has 0 radical (unpaired) electrons. The van der Waals surface area contributed by atoms with E-state index in [1.165, 1.54) is 0 Å². The monoisotopic (exact) mass is 351 g/mol. The Balaban J connectivity index is 2.02. The van der Waals surface area contributed by atoms with Crippen molar-refractivity contribution in [3.8, 4) is 0 Å². The van der Waals surface area contributed by atoms with Crippen molar-refractivity contribution in [2.24, 2.45) is 0 Å². The zero-order chi connectivity index (χ0) is 17.9. The van der Waals surface area contributed by atoms with Crippen molar-refractivity contribution in [3.63, 3.8) is 0 Å². The van der Waals surface area contributed by atoms with E-state index in [4.69, 9.17) is 11.6 Å². The summed E-state index contributed by atoms with van der Waals surface area (Å²) < 4.78 is 0. The summed E-state index contributed by atoms with van der Waals surface area (Å²) in [7, 11) is 0. The maximum absolute atomic E-state index is 12.5. The summed E-state index contributed by atoms with van der Waals surface area (Å²) in [5.41, 5.74) is -0.0415. The van der Waals surface area contributed by atoms with Crippen LogP contribution < -0.4 is 10.6 Å². The predicted molar refractivity (Wildman–Crippen MR) is 91.6 cm³/mol. The number of benzene rings is 1. The van der Waals surface area contributed by atoms with Gasteiger partial charge >= 0.3 is 6.03 Å². The molecule has 1 unspecified atom stereocenters. The van der Waals surface area contributed by atoms with E-state index < -0.39 is 17.5 Å². The summed E-state index contributed by atoms with van der Waals surface area (Å²) in [6, 6.07) is 6.37. The SMILES string of the molecule is CCC1(CC)NC(=O)N(CC(=O)NC(C)c2cccc(Cl)c2)C1=O. The van der Waals surface area contributed by atoms with Gasteiger partial charge in [0.05, 0.1) is 6.04 Å². The van der Waals surface area contributed by atoms with E-state index in [0.717, 1.165) is 10.5 Å². The lowest BCUT2D eigenvalue weighted by atomic mass is 9.93. The number of carbonyl (C=O) groups is 3. The van der Waals surface area contributed by atoms with Crippen molar-refractivity contribution in [2.75, 3.05) is 6.54 Å². The van der Waals surface area contributed by atoms with Crippen molar-refractivity contribution >= 4 is 29.4 Å². The van der Waals surface area contributed by atoms with Gasteiger partial charge in [0, 0.05) is 5.02 Å². The fraction of sp³-hybridized carbons (Fsp3) is 0.471. The first-order valence-electron chi connectivity index (χ1n) is 8.02. The maximum Gasteiger partial charge on any atom is 0.325 e. The molecule has 1 aromatic rings. The highest BCUT2D eigenvalue weighted by molar-refractivity contribution is 6.30. The molecule has 24 heavy (non-hydrogen) atoms. The molecule has 1 aliphatic heterocycles. The van der Waals surface area contributed by atoms with E-state index in [1.807, 2.05) is 26.8 Å². The summed E-state index contributed by atoms with van der Waals surface area (Å²) in [5.74, 6) is -0.739. The Kier molecular flexibility index (Phi) is 5.49. The molecule has 130 valence electrons. The van der Waals surface area contributed by atoms with Crippen molar-refractivity contribution in [3.05, 3.63) is 34.9 Å². The molecule has 0 aliphatic carbocycles. The number of rotatable bonds is 6. The summed E-state index contributed by atoms with van der Waals surface area (Å²) in [5, 5.41) is 6.07. The Labute approximate surface area is 146 Å². The van der Waals surface area contributed by atoms with Gasteiger partial charge in [0.25, 0.3) is 5.91 Å². The Morgan fingerprint density at radius 1 is 1.33 bits per heavy atom. The standard InChI is InChI=1S/C17H22ClN3O3/c1-4-17(5-2)15(23)21(16(24)20-17)10-14(22)19-11(3)12-7-6-8-13(18)9-12/h6-9,11H,4-5,10H2,1-3H3,(H,19,22)(H,20,24). The van der Waals surface area contributed by atoms with Crippen LogP contribution in [0.2, 0.25) is 5.02 Å². The summed E-state index contributed by atoms with van der Waals surface area (Å²) >= 11 is 5.95. The van der Waals surface area contributed by atoms with Crippen molar-refractivity contribution in [1.82, 2.24) is 15.5 Å². The number of nitrogens with zero attached hydrogens (tertiary/aromatic N) is 1. The minimum atomic E-state index is -0.893. The molecule has 1 atom stereocenters. The zero-order valence-corrected chi connectivity index (χ0v) is 14.8. The first-order chi connectivity index (χ1) is 11.3. The fourth-order valence-corrected chi connectivity index (χ4v) is 3.04. The molecular formula is C17H22ClN3O3. The molecular weight excluding hydrogens is 330 g/mol. The molecule has 0 saturated carbocycles. The van der Waals surface area contributed by atoms with E-state index in [0.29, 0.717) is 17.9 Å². The Bertz CT molecular complexity index is 658. The number of hydrogen-bond acceptors (Lipinski definition) is 3. The van der Waals surface area contributed by atoms with Crippen LogP contribution in [-0.2, 0) is 9.59 Å². The molecule has 1 aromatic carbocycles. The summed E-state index contributed by atoms with van der Waals surface area (Å²) in [4.78, 5) is 37.7. The second-order valence-corrected chi connectivity index (χ2v) is 6.39. The van der Waals surface area contributed by atoms with Gasteiger partial charge in [-0.25, -0.2) is 4.79 Å². The number of hydrogen-bond donors (Lipinski definition) is 2. The van der Waals surface area contributed by atoms with Gasteiger partial charge in [-0.1, -0.05) is 37.6 Å². The van der Waals surface area contributed by atoms with Crippen LogP contribution in [0.1, 0.15) is 45.2 Å². The molecule has 4 amide bonds. The quantitative estimate of drug-likeness (QED) is 0.773. The largest absolute Gasteiger partial charge is 0.348 e. The zero-order valence-electron chi connectivity index (χ0n) is 14.1. The first-order valence-corrected chi connectivity index (χ1v) is 8.39. The number of halogens is 1. The highest BCUT2D eigenvalue weighted by Crippen LogP contribution is 2.24. The predicted octanol–water partition coefficient (Wildman–Crippen LogP) is 2.63. The molecule has 1 heterocycles. The van der Waals surface area contributed by atoms with Gasteiger partial charge in [0.15, 0.2) is 0 Å². The fourth-order valence-electron chi connectivity index (χ4n) is 2.84. The average molecular weight is 352 g/mol. The van der Waals surface area contributed by atoms with Crippen LogP contribution in [0.3, 0.4) is 0 Å². The van der Waals surface area contributed by atoms with Gasteiger partial charge in [0.1, 0.15) is 12.1 Å². The molecule has 2 rings (SSSR count). The molecule has 1 aliphatic rings. The van der Waals surface area contributed by atoms with Crippen molar-refractivity contribution < 1.29 is 14.4 Å². The second kappa shape index (κ2) is 7.21. The van der Waals surface area contributed by atoms with E-state index in [1.54, 1.807) is 18.2 Å². The van der Waals surface area contributed by atoms with Crippen molar-refractivity contribution in [2.45, 2.75) is 45.2 Å². The smallest absolute Gasteiger partial charge is 0.325 e. The molecule has 2 N–H and O–H groups in total. The van der Waals surface area contributed by atoms with Gasteiger partial charge in [-0.3, -0.25) is 14.5 Å². The molecule has 6 nitrogen and oxygen atoms in total. The second-order valence-electron chi connectivity index (χ2n) is 5.95. The van der Waals surface area contributed by atoms with E-state index in [9.17, 15) is 14.4 Å². The average Bonchev–Trinajstić information content (AvgIpc) is 2.79. The van der Waals surface area contributed by atoms with Crippen molar-refractivity contribution in [1.29, 1.82) is 0 Å². The number of urea groups is 1. The topological polar surface area (TPSA) is 78.5 Å². The molecule has 0 bridgehead atoms. The minimum absolute atomic E-state index is 0.279. The van der Waals surface area contributed by atoms with Gasteiger partial charge < -0.3 is 10.6 Å². The number of imide groups is 1. The van der Waals surface area contributed by atoms with Crippen LogP contribution in [0.4, 0.5) is 4.79 Å². The van der Waals surface area contributed by atoms with Crippen LogP contribution in [-0.4, -0.2) is 34.8 Å². The molecule has 7 heteroatoms. The number of nitrogens with one attached hydrogen (secondary N) is 2. The van der Waals surface area contributed by atoms with Crippen LogP contribution in [0.25, 0.3) is 0 Å². The Morgan fingerprint density at radius 3 is 2.54 bits per heavy atom. The maximum atomic E-state index is 12.5. The lowest BCUT2D eigenvalue weighted by Crippen LogP contribution is -2.46. The Morgan fingerprint density at radius 2 is 2.00 bits per heavy atom. The molecule has 0 aromatic heterocycles. The van der Waals surface area contributed by atoms with E-state index in [2.05, 4.69) is 10.6 Å². The van der Waals surface area contributed by atoms with Gasteiger partial charge in [-0.15, -0.1) is 0 Å². The van der Waals surface area contributed by atoms with Crippen LogP contribution >= 0.6 is 11.6 Å². The third kappa shape index (κ3) is 3.53. The molecule has 1 fully saturated rings. The summed E-state index contributed by atoms with van der Waals surface area (Å²) in [6.07, 6.45) is 0.982. The number of carbonyl (C=O) groups excluding carboxylic acids is 3. The first kappa shape index (κ1) is 18.3. The number of amides is 4. The third-order valence-corrected chi connectivity index (χ3v) is 4.72. The van der Waals surface area contributed by atoms with Gasteiger partial charge in [-0.05, 0) is 37.5 Å². The Hall–Kier alpha value is -2.08. The normalized spacial score (nSPS) is 17.6. The van der Waals surface area contributed by atoms with Gasteiger partial charge in [0.2, 0.25) is 5.91 Å². The third-order valence-electron chi connectivity index (χ3n) is 4.48. The lowest BCUT2D eigenvalue weighted by Gasteiger charge is -2.23. The van der Waals surface area contributed by atoms with E-state index >= 15 is 0 Å². The highest BCUT2D eigenvalue weighted by atomic mass is 35.5. The highest BCUT2D eigenvalue weighted by Gasteiger charge is 2.49. The summed E-state index contributed by atoms with van der Waals surface area (Å²) in [6.45, 7) is 5.20. The molecule has 0 spiro atoms.